The molecule has 19 heavy (non-hydrogen) atoms. The summed E-state index contributed by atoms with van der Waals surface area (Å²) in [6.07, 6.45) is 0. The molecule has 0 aromatic heterocycles. The van der Waals surface area contributed by atoms with Crippen molar-refractivity contribution in [1.29, 1.82) is 0 Å². The van der Waals surface area contributed by atoms with Gasteiger partial charge in [-0.3, -0.25) is 4.79 Å². The number of nitrogens with zero attached hydrogens (tertiary/aromatic N) is 1. The van der Waals surface area contributed by atoms with Crippen LogP contribution in [0.1, 0.15) is 32.3 Å². The quantitative estimate of drug-likeness (QED) is 0.872. The maximum absolute atomic E-state index is 12.6. The molecule has 0 aliphatic heterocycles. The molecule has 106 valence electrons. The van der Waals surface area contributed by atoms with Gasteiger partial charge >= 0.3 is 0 Å². The van der Waals surface area contributed by atoms with Crippen LogP contribution in [0.4, 0.5) is 0 Å². The fourth-order valence-corrected chi connectivity index (χ4v) is 2.45. The van der Waals surface area contributed by atoms with Gasteiger partial charge in [0.25, 0.3) is 0 Å². The number of carbonyl (C=O) groups excluding carboxylic acids is 1. The Morgan fingerprint density at radius 3 is 2.58 bits per heavy atom. The van der Waals surface area contributed by atoms with Crippen molar-refractivity contribution in [2.45, 2.75) is 26.7 Å². The molecule has 1 aromatic carbocycles. The van der Waals surface area contributed by atoms with Gasteiger partial charge in [-0.2, -0.15) is 0 Å². The highest BCUT2D eigenvalue weighted by Crippen LogP contribution is 2.28. The fraction of sp³-hybridized carbons (Fsp3) is 0.533. The molecule has 0 saturated heterocycles. The molecule has 3 nitrogen and oxygen atoms in total. The van der Waals surface area contributed by atoms with Crippen LogP contribution in [0, 0.1) is 5.92 Å². The maximum atomic E-state index is 12.6. The molecule has 0 saturated carbocycles. The highest BCUT2D eigenvalue weighted by atomic mass is 35.5. The minimum Gasteiger partial charge on any atom is -0.395 e. The van der Waals surface area contributed by atoms with Crippen LogP contribution in [-0.2, 0) is 4.79 Å². The average molecular weight is 284 g/mol. The number of aliphatic hydroxyl groups is 1. The predicted octanol–water partition coefficient (Wildman–Crippen LogP) is 2.92. The Hall–Kier alpha value is -1.06. The first-order chi connectivity index (χ1) is 9.01. The molecular weight excluding hydrogens is 262 g/mol. The number of hydrogen-bond acceptors (Lipinski definition) is 2. The van der Waals surface area contributed by atoms with Crippen LogP contribution in [0.2, 0.25) is 5.02 Å². The van der Waals surface area contributed by atoms with Gasteiger partial charge < -0.3 is 10.0 Å². The van der Waals surface area contributed by atoms with Crippen LogP contribution in [0.25, 0.3) is 0 Å². The predicted molar refractivity (Wildman–Crippen MR) is 78.4 cm³/mol. The lowest BCUT2D eigenvalue weighted by atomic mass is 9.87. The number of carbonyl (C=O) groups is 1. The van der Waals surface area contributed by atoms with Crippen molar-refractivity contribution in [2.75, 3.05) is 19.7 Å². The standard InChI is InChI=1S/C15H22ClNO2/c1-4-17(8-9-18)15(19)14(11(2)3)12-6-5-7-13(16)10-12/h5-7,10-11,14,18H,4,8-9H2,1-3H3. The molecule has 1 unspecified atom stereocenters. The first kappa shape index (κ1) is 16.0. The lowest BCUT2D eigenvalue weighted by Crippen LogP contribution is -2.38. The molecule has 1 N–H and O–H groups in total. The van der Waals surface area contributed by atoms with Gasteiger partial charge in [0.1, 0.15) is 0 Å². The molecule has 1 amide bonds. The van der Waals surface area contributed by atoms with Gasteiger partial charge in [-0.1, -0.05) is 37.6 Å². The van der Waals surface area contributed by atoms with Crippen molar-refractivity contribution in [1.82, 2.24) is 4.90 Å². The Labute approximate surface area is 120 Å². The van der Waals surface area contributed by atoms with E-state index in [1.54, 1.807) is 11.0 Å². The first-order valence-corrected chi connectivity index (χ1v) is 7.04. The average Bonchev–Trinajstić information content (AvgIpc) is 2.35. The first-order valence-electron chi connectivity index (χ1n) is 6.66. The van der Waals surface area contributed by atoms with Gasteiger partial charge in [0.15, 0.2) is 0 Å². The summed E-state index contributed by atoms with van der Waals surface area (Å²) in [4.78, 5) is 14.3. The second kappa shape index (κ2) is 7.51. The molecule has 0 radical (unpaired) electrons. The lowest BCUT2D eigenvalue weighted by molar-refractivity contribution is -0.134. The zero-order valence-electron chi connectivity index (χ0n) is 11.8. The number of amides is 1. The summed E-state index contributed by atoms with van der Waals surface area (Å²) >= 11 is 6.01. The van der Waals surface area contributed by atoms with Crippen LogP contribution in [0.15, 0.2) is 24.3 Å². The van der Waals surface area contributed by atoms with E-state index < -0.39 is 0 Å². The monoisotopic (exact) mass is 283 g/mol. The zero-order chi connectivity index (χ0) is 14.4. The molecule has 0 aliphatic carbocycles. The molecule has 0 aliphatic rings. The summed E-state index contributed by atoms with van der Waals surface area (Å²) < 4.78 is 0. The van der Waals surface area contributed by atoms with E-state index in [-0.39, 0.29) is 24.3 Å². The minimum absolute atomic E-state index is 0.0139. The number of halogens is 1. The molecule has 0 spiro atoms. The van der Waals surface area contributed by atoms with Gasteiger partial charge in [0, 0.05) is 18.1 Å². The van der Waals surface area contributed by atoms with Crippen LogP contribution in [-0.4, -0.2) is 35.6 Å². The number of benzene rings is 1. The van der Waals surface area contributed by atoms with Crippen LogP contribution in [0.5, 0.6) is 0 Å². The topological polar surface area (TPSA) is 40.5 Å². The van der Waals surface area contributed by atoms with E-state index in [9.17, 15) is 4.79 Å². The van der Waals surface area contributed by atoms with E-state index in [1.165, 1.54) is 0 Å². The zero-order valence-corrected chi connectivity index (χ0v) is 12.5. The second-order valence-electron chi connectivity index (χ2n) is 4.92. The molecule has 1 aromatic rings. The molecule has 1 atom stereocenters. The summed E-state index contributed by atoms with van der Waals surface area (Å²) in [5.41, 5.74) is 0.934. The van der Waals surface area contributed by atoms with Gasteiger partial charge in [-0.15, -0.1) is 0 Å². The molecule has 0 fully saturated rings. The Balaban J connectivity index is 3.03. The summed E-state index contributed by atoms with van der Waals surface area (Å²) in [5.74, 6) is 0.0118. The van der Waals surface area contributed by atoms with Gasteiger partial charge in [-0.05, 0) is 30.5 Å². The van der Waals surface area contributed by atoms with E-state index in [2.05, 4.69) is 0 Å². The number of rotatable bonds is 6. The summed E-state index contributed by atoms with van der Waals surface area (Å²) in [5, 5.41) is 9.68. The van der Waals surface area contributed by atoms with E-state index in [0.29, 0.717) is 18.1 Å². The fourth-order valence-electron chi connectivity index (χ4n) is 2.25. The number of hydrogen-bond donors (Lipinski definition) is 1. The lowest BCUT2D eigenvalue weighted by Gasteiger charge is -2.28. The Morgan fingerprint density at radius 2 is 2.11 bits per heavy atom. The van der Waals surface area contributed by atoms with Gasteiger partial charge in [-0.25, -0.2) is 0 Å². The highest BCUT2D eigenvalue weighted by molar-refractivity contribution is 6.30. The Kier molecular flexibility index (Phi) is 6.32. The number of aliphatic hydroxyl groups excluding tert-OH is 1. The highest BCUT2D eigenvalue weighted by Gasteiger charge is 2.27. The van der Waals surface area contributed by atoms with E-state index in [4.69, 9.17) is 16.7 Å². The summed E-state index contributed by atoms with van der Waals surface area (Å²) in [6, 6.07) is 7.44. The van der Waals surface area contributed by atoms with Crippen molar-refractivity contribution in [3.05, 3.63) is 34.9 Å². The van der Waals surface area contributed by atoms with E-state index in [1.807, 2.05) is 39.0 Å². The third-order valence-electron chi connectivity index (χ3n) is 3.20. The van der Waals surface area contributed by atoms with Crippen LogP contribution < -0.4 is 0 Å². The Bertz CT molecular complexity index is 420. The second-order valence-corrected chi connectivity index (χ2v) is 5.35. The van der Waals surface area contributed by atoms with Crippen molar-refractivity contribution in [2.24, 2.45) is 5.92 Å². The normalized spacial score (nSPS) is 12.5. The summed E-state index contributed by atoms with van der Waals surface area (Å²) in [6.45, 7) is 6.93. The molecule has 0 bridgehead atoms. The van der Waals surface area contributed by atoms with Crippen LogP contribution >= 0.6 is 11.6 Å². The van der Waals surface area contributed by atoms with Crippen molar-refractivity contribution in [3.8, 4) is 0 Å². The molecule has 0 heterocycles. The smallest absolute Gasteiger partial charge is 0.230 e. The SMILES string of the molecule is CCN(CCO)C(=O)C(c1cccc(Cl)c1)C(C)C. The van der Waals surface area contributed by atoms with Crippen molar-refractivity contribution < 1.29 is 9.90 Å². The van der Waals surface area contributed by atoms with Crippen molar-refractivity contribution in [3.63, 3.8) is 0 Å². The van der Waals surface area contributed by atoms with Crippen molar-refractivity contribution >= 4 is 17.5 Å². The third kappa shape index (κ3) is 4.22. The largest absolute Gasteiger partial charge is 0.395 e. The number of likely N-dealkylation sites (N-methyl/N-ethyl adjacent to an activating group) is 1. The third-order valence-corrected chi connectivity index (χ3v) is 3.44. The molecule has 1 rings (SSSR count). The molecular formula is C15H22ClNO2. The maximum Gasteiger partial charge on any atom is 0.230 e. The Morgan fingerprint density at radius 1 is 1.42 bits per heavy atom. The molecule has 4 heteroatoms. The minimum atomic E-state index is -0.217. The van der Waals surface area contributed by atoms with Crippen LogP contribution in [0.3, 0.4) is 0 Å². The van der Waals surface area contributed by atoms with E-state index >= 15 is 0 Å². The van der Waals surface area contributed by atoms with Gasteiger partial charge in [0.05, 0.1) is 12.5 Å². The van der Waals surface area contributed by atoms with Gasteiger partial charge in [0.2, 0.25) is 5.91 Å². The summed E-state index contributed by atoms with van der Waals surface area (Å²) in [7, 11) is 0. The van der Waals surface area contributed by atoms with E-state index in [0.717, 1.165) is 5.56 Å².